The van der Waals surface area contributed by atoms with E-state index in [4.69, 9.17) is 14.0 Å². The van der Waals surface area contributed by atoms with Crippen molar-refractivity contribution in [2.24, 2.45) is 0 Å². The summed E-state index contributed by atoms with van der Waals surface area (Å²) in [4.78, 5) is 0. The molecule has 0 amide bonds. The third kappa shape index (κ3) is 4.95. The van der Waals surface area contributed by atoms with E-state index in [0.29, 0.717) is 17.2 Å². The van der Waals surface area contributed by atoms with Crippen LogP contribution in [0.5, 0.6) is 23.0 Å². The van der Waals surface area contributed by atoms with Gasteiger partial charge in [-0.1, -0.05) is 35.4 Å². The van der Waals surface area contributed by atoms with Crippen molar-refractivity contribution in [1.82, 2.24) is 0 Å². The van der Waals surface area contributed by atoms with Crippen LogP contribution in [0.1, 0.15) is 11.1 Å². The highest BCUT2D eigenvalue weighted by atomic mass is 16.7. The van der Waals surface area contributed by atoms with Crippen LogP contribution in [0.15, 0.2) is 72.8 Å². The number of phenols is 1. The van der Waals surface area contributed by atoms with Gasteiger partial charge in [0, 0.05) is 0 Å². The van der Waals surface area contributed by atoms with Crippen LogP contribution in [0.25, 0.3) is 0 Å². The minimum absolute atomic E-state index is 0.169. The molecule has 0 unspecified atom stereocenters. The third-order valence-electron chi connectivity index (χ3n) is 3.58. The van der Waals surface area contributed by atoms with Crippen LogP contribution in [0.2, 0.25) is 0 Å². The summed E-state index contributed by atoms with van der Waals surface area (Å²) in [7, 11) is -0.963. The molecule has 5 heteroatoms. The molecule has 0 aliphatic rings. The van der Waals surface area contributed by atoms with Crippen molar-refractivity contribution < 1.29 is 19.1 Å². The molecule has 0 heterocycles. The molecule has 0 atom stereocenters. The van der Waals surface area contributed by atoms with Crippen LogP contribution in [0.4, 0.5) is 0 Å². The molecular weight excluding hydrogens is 315 g/mol. The molecule has 0 radical (unpaired) electrons. The van der Waals surface area contributed by atoms with Gasteiger partial charge in [0.2, 0.25) is 0 Å². The first-order valence-electron chi connectivity index (χ1n) is 8.01. The summed E-state index contributed by atoms with van der Waals surface area (Å²) in [6.07, 6.45) is 0. The maximum atomic E-state index is 9.40. The van der Waals surface area contributed by atoms with Crippen molar-refractivity contribution in [2.75, 3.05) is 0 Å². The topological polar surface area (TPSA) is 47.9 Å². The average Bonchev–Trinajstić information content (AvgIpc) is 2.61. The Morgan fingerprint density at radius 2 is 0.880 bits per heavy atom. The lowest BCUT2D eigenvalue weighted by Crippen LogP contribution is -2.36. The second-order valence-electron chi connectivity index (χ2n) is 5.76. The van der Waals surface area contributed by atoms with E-state index in [0.717, 1.165) is 11.1 Å². The minimum Gasteiger partial charge on any atom is -0.508 e. The predicted molar refractivity (Wildman–Crippen MR) is 98.1 cm³/mol. The highest BCUT2D eigenvalue weighted by Gasteiger charge is 2.30. The van der Waals surface area contributed by atoms with E-state index in [1.807, 2.05) is 62.4 Å². The minimum atomic E-state index is -0.963. The van der Waals surface area contributed by atoms with Gasteiger partial charge in [-0.2, -0.15) is 0 Å². The maximum absolute atomic E-state index is 9.40. The lowest BCUT2D eigenvalue weighted by Gasteiger charge is -2.16. The molecule has 4 nitrogen and oxygen atoms in total. The van der Waals surface area contributed by atoms with Crippen molar-refractivity contribution in [3.8, 4) is 23.0 Å². The molecule has 3 aromatic rings. The molecule has 25 heavy (non-hydrogen) atoms. The first-order chi connectivity index (χ1) is 12.1. The van der Waals surface area contributed by atoms with E-state index in [9.17, 15) is 5.11 Å². The van der Waals surface area contributed by atoms with Gasteiger partial charge in [0.25, 0.3) is 0 Å². The number of aromatic hydroxyl groups is 1. The summed E-state index contributed by atoms with van der Waals surface area (Å²) in [5.41, 5.74) is 2.28. The van der Waals surface area contributed by atoms with Gasteiger partial charge in [-0.15, -0.1) is 0 Å². The van der Waals surface area contributed by atoms with Crippen LogP contribution in [-0.2, 0) is 0 Å². The molecule has 1 N–H and O–H groups in total. The highest BCUT2D eigenvalue weighted by Crippen LogP contribution is 2.20. The molecule has 3 rings (SSSR count). The van der Waals surface area contributed by atoms with Crippen molar-refractivity contribution in [1.29, 1.82) is 0 Å². The summed E-state index contributed by atoms with van der Waals surface area (Å²) in [6.45, 7) is 4.02. The fourth-order valence-corrected chi connectivity index (χ4v) is 2.16. The third-order valence-corrected chi connectivity index (χ3v) is 3.58. The van der Waals surface area contributed by atoms with Crippen LogP contribution in [0, 0.1) is 13.8 Å². The van der Waals surface area contributed by atoms with Gasteiger partial charge in [-0.05, 0) is 62.4 Å². The van der Waals surface area contributed by atoms with E-state index in [1.54, 1.807) is 24.3 Å². The molecule has 3 aromatic carbocycles. The van der Waals surface area contributed by atoms with Gasteiger partial charge in [0.05, 0.1) is 0 Å². The fourth-order valence-electron chi connectivity index (χ4n) is 2.16. The van der Waals surface area contributed by atoms with Crippen molar-refractivity contribution in [2.45, 2.75) is 13.8 Å². The lowest BCUT2D eigenvalue weighted by molar-refractivity contribution is 0.307. The number of aryl methyl sites for hydroxylation is 2. The molecule has 0 aliphatic carbocycles. The van der Waals surface area contributed by atoms with Gasteiger partial charge in [-0.3, -0.25) is 0 Å². The zero-order valence-electron chi connectivity index (χ0n) is 14.2. The van der Waals surface area contributed by atoms with Crippen molar-refractivity contribution in [3.05, 3.63) is 83.9 Å². The number of hydrogen-bond acceptors (Lipinski definition) is 4. The summed E-state index contributed by atoms with van der Waals surface area (Å²) in [5, 5.41) is 9.40. The van der Waals surface area contributed by atoms with E-state index < -0.39 is 7.32 Å². The largest absolute Gasteiger partial charge is 0.864 e. The van der Waals surface area contributed by atoms with Crippen LogP contribution in [0.3, 0.4) is 0 Å². The zero-order chi connectivity index (χ0) is 17.6. The maximum Gasteiger partial charge on any atom is 0.864 e. The van der Waals surface area contributed by atoms with Crippen molar-refractivity contribution in [3.63, 3.8) is 0 Å². The Hall–Kier alpha value is -3.08. The molecule has 0 fully saturated rings. The molecular formula is C20H19BO4. The average molecular weight is 334 g/mol. The van der Waals surface area contributed by atoms with Crippen LogP contribution >= 0.6 is 0 Å². The van der Waals surface area contributed by atoms with Crippen LogP contribution < -0.4 is 14.0 Å². The first-order valence-corrected chi connectivity index (χ1v) is 8.01. The van der Waals surface area contributed by atoms with E-state index in [1.165, 1.54) is 0 Å². The second-order valence-corrected chi connectivity index (χ2v) is 5.76. The smallest absolute Gasteiger partial charge is 0.508 e. The lowest BCUT2D eigenvalue weighted by atomic mass is 10.1. The second kappa shape index (κ2) is 7.66. The number of benzene rings is 3. The summed E-state index contributed by atoms with van der Waals surface area (Å²) in [6, 6.07) is 21.7. The van der Waals surface area contributed by atoms with E-state index in [-0.39, 0.29) is 5.75 Å². The van der Waals surface area contributed by atoms with Crippen molar-refractivity contribution >= 4 is 7.32 Å². The Bertz CT molecular complexity index is 686. The number of rotatable bonds is 6. The van der Waals surface area contributed by atoms with E-state index in [2.05, 4.69) is 0 Å². The summed E-state index contributed by atoms with van der Waals surface area (Å²) >= 11 is 0. The Kier molecular flexibility index (Phi) is 5.14. The summed E-state index contributed by atoms with van der Waals surface area (Å²) < 4.78 is 17.4. The predicted octanol–water partition coefficient (Wildman–Crippen LogP) is 4.53. The fraction of sp³-hybridized carbons (Fsp3) is 0.100. The molecule has 0 aliphatic heterocycles. The van der Waals surface area contributed by atoms with Gasteiger partial charge < -0.3 is 19.1 Å². The zero-order valence-corrected chi connectivity index (χ0v) is 14.2. The van der Waals surface area contributed by atoms with Crippen LogP contribution in [-0.4, -0.2) is 12.4 Å². The van der Waals surface area contributed by atoms with Gasteiger partial charge in [0.1, 0.15) is 23.0 Å². The molecule has 0 spiro atoms. The number of phenolic OH excluding ortho intramolecular Hbond substituents is 1. The molecule has 0 saturated heterocycles. The normalized spacial score (nSPS) is 10.2. The molecule has 0 bridgehead atoms. The number of hydrogen-bond donors (Lipinski definition) is 1. The first kappa shape index (κ1) is 16.8. The van der Waals surface area contributed by atoms with E-state index >= 15 is 0 Å². The van der Waals surface area contributed by atoms with Gasteiger partial charge in [-0.25, -0.2) is 0 Å². The monoisotopic (exact) mass is 334 g/mol. The Labute approximate surface area is 147 Å². The molecule has 0 saturated carbocycles. The Morgan fingerprint density at radius 1 is 0.560 bits per heavy atom. The van der Waals surface area contributed by atoms with Gasteiger partial charge >= 0.3 is 7.32 Å². The molecule has 126 valence electrons. The quantitative estimate of drug-likeness (QED) is 0.673. The Balaban J connectivity index is 1.77. The summed E-state index contributed by atoms with van der Waals surface area (Å²) in [5.74, 6) is 1.98. The highest BCUT2D eigenvalue weighted by molar-refractivity contribution is 6.39. The SMILES string of the molecule is Cc1ccc(OB(Oc2ccc(C)cc2)Oc2ccc(O)cc2)cc1. The Morgan fingerprint density at radius 3 is 1.24 bits per heavy atom. The standard InChI is InChI=1S/C20H19BO4/c1-15-3-9-18(10-4-15)23-21(24-19-11-5-16(2)6-12-19)25-20-13-7-17(22)8-14-20/h3-14,22H,1-2H3. The molecule has 0 aromatic heterocycles. The van der Waals surface area contributed by atoms with Gasteiger partial charge in [0.15, 0.2) is 0 Å².